The van der Waals surface area contributed by atoms with E-state index in [1.54, 1.807) is 6.92 Å². The second-order valence-electron chi connectivity index (χ2n) is 14.8. The maximum absolute atomic E-state index is 13.0. The number of aromatic amines is 1. The standard InChI is InChI=1S/C42H56N6O8/c1-11-28-23(6)33(46-35(28)17-31(21(2)3)44-22(4)5)19-36-40(27(10)49)25(8)34(47-36)18-32-24(7)29(26(9)45-32)14-15-38(51)43-16-12-13-30(42(55)56)48-41(54)37(50)20-39(52)53/h17-19,23-24,28-30,44,47H,4,9,11-16,20H2,1-3,5-8,10H3,(H,43,51)(H,48,54)(H,52,53)(H,55,56)/b34-18-,35-17-,36-19-/t23-,24+,28-,29+,30+/m1/s1. The Kier molecular flexibility index (Phi) is 15.8. The van der Waals surface area contributed by atoms with Crippen molar-refractivity contribution in [3.63, 3.8) is 0 Å². The van der Waals surface area contributed by atoms with Crippen molar-refractivity contribution in [3.05, 3.63) is 69.4 Å². The molecule has 302 valence electrons. The van der Waals surface area contributed by atoms with Crippen molar-refractivity contribution in [2.75, 3.05) is 6.54 Å². The summed E-state index contributed by atoms with van der Waals surface area (Å²) in [5.41, 5.74) is 7.61. The summed E-state index contributed by atoms with van der Waals surface area (Å²) in [4.78, 5) is 84.6. The number of carboxylic acids is 2. The molecule has 3 rings (SSSR count). The average molecular weight is 773 g/mol. The van der Waals surface area contributed by atoms with Gasteiger partial charge in [-0.2, -0.15) is 0 Å². The molecular weight excluding hydrogens is 716 g/mol. The minimum atomic E-state index is -1.50. The van der Waals surface area contributed by atoms with E-state index < -0.39 is 36.1 Å². The summed E-state index contributed by atoms with van der Waals surface area (Å²) in [5.74, 6) is -5.57. The summed E-state index contributed by atoms with van der Waals surface area (Å²) in [6.07, 6.45) is 6.61. The molecule has 2 amide bonds. The van der Waals surface area contributed by atoms with Crippen LogP contribution >= 0.6 is 0 Å². The van der Waals surface area contributed by atoms with Crippen LogP contribution in [0.25, 0.3) is 12.2 Å². The Bertz CT molecular complexity index is 2040. The third-order valence-electron chi connectivity index (χ3n) is 10.2. The number of aromatic nitrogens is 1. The molecule has 0 aromatic carbocycles. The smallest absolute Gasteiger partial charge is 0.326 e. The predicted octanol–water partition coefficient (Wildman–Crippen LogP) is 4.02. The van der Waals surface area contributed by atoms with E-state index in [1.807, 2.05) is 52.1 Å². The first-order valence-electron chi connectivity index (χ1n) is 18.9. The van der Waals surface area contributed by atoms with Gasteiger partial charge in [-0.3, -0.25) is 34.0 Å². The van der Waals surface area contributed by atoms with Crippen molar-refractivity contribution in [1.82, 2.24) is 20.9 Å². The molecule has 14 nitrogen and oxygen atoms in total. The highest BCUT2D eigenvalue weighted by atomic mass is 16.4. The minimum Gasteiger partial charge on any atom is -0.481 e. The van der Waals surface area contributed by atoms with Gasteiger partial charge in [-0.15, -0.1) is 0 Å². The molecule has 1 aromatic heterocycles. The zero-order valence-corrected chi connectivity index (χ0v) is 33.7. The van der Waals surface area contributed by atoms with Gasteiger partial charge in [-0.25, -0.2) is 4.79 Å². The number of aliphatic carboxylic acids is 2. The SMILES string of the molecule is C=C(C)NC(/C=C1N=C(/C=c2\[nH]/c(=C\C3=NC(=C)[C@@H](CCC(=O)NCCC[C@H](NC(=O)C(=O)CC(=O)O)C(=O)O)[C@@H]3C)c(C)c2C(C)=O)[C@H](C)[C@H]\1CC)=C(C)C. The first-order valence-corrected chi connectivity index (χ1v) is 18.9. The number of carboxylic acid groups (broad SMARTS) is 2. The van der Waals surface area contributed by atoms with Gasteiger partial charge in [-0.05, 0) is 84.1 Å². The third kappa shape index (κ3) is 11.7. The van der Waals surface area contributed by atoms with Gasteiger partial charge in [0.05, 0.1) is 5.35 Å². The maximum Gasteiger partial charge on any atom is 0.326 e. The molecule has 0 bridgehead atoms. The van der Waals surface area contributed by atoms with Crippen LogP contribution in [0.5, 0.6) is 0 Å². The molecule has 0 saturated heterocycles. The van der Waals surface area contributed by atoms with Gasteiger partial charge < -0.3 is 31.1 Å². The van der Waals surface area contributed by atoms with E-state index in [0.717, 1.165) is 51.4 Å². The van der Waals surface area contributed by atoms with E-state index in [-0.39, 0.29) is 61.2 Å². The number of hydrogen-bond acceptors (Lipinski definition) is 9. The van der Waals surface area contributed by atoms with Crippen LogP contribution < -0.4 is 26.6 Å². The maximum atomic E-state index is 13.0. The number of nitrogens with one attached hydrogen (secondary N) is 4. The molecule has 5 atom stereocenters. The lowest BCUT2D eigenvalue weighted by Crippen LogP contribution is -2.44. The molecule has 0 fully saturated rings. The molecule has 56 heavy (non-hydrogen) atoms. The second kappa shape index (κ2) is 19.8. The number of allylic oxidation sites excluding steroid dienone is 5. The summed E-state index contributed by atoms with van der Waals surface area (Å²) >= 11 is 0. The number of ketones is 2. The van der Waals surface area contributed by atoms with Crippen LogP contribution in [0.2, 0.25) is 0 Å². The number of H-pyrrole nitrogens is 1. The molecule has 0 spiro atoms. The van der Waals surface area contributed by atoms with Gasteiger partial charge in [0.15, 0.2) is 5.78 Å². The Morgan fingerprint density at radius 1 is 0.946 bits per heavy atom. The summed E-state index contributed by atoms with van der Waals surface area (Å²) in [5, 5.41) is 27.6. The Balaban J connectivity index is 1.72. The number of carbonyl (C=O) groups excluding carboxylic acids is 4. The van der Waals surface area contributed by atoms with Crippen molar-refractivity contribution in [2.24, 2.45) is 33.7 Å². The average Bonchev–Trinajstić information content (AvgIpc) is 3.67. The lowest BCUT2D eigenvalue weighted by Gasteiger charge is -2.16. The molecule has 1 aromatic rings. The fourth-order valence-corrected chi connectivity index (χ4v) is 7.03. The number of amides is 2. The Hall–Kier alpha value is -5.66. The Morgan fingerprint density at radius 2 is 1.57 bits per heavy atom. The van der Waals surface area contributed by atoms with Crippen molar-refractivity contribution >= 4 is 58.9 Å². The lowest BCUT2D eigenvalue weighted by molar-refractivity contribution is -0.147. The monoisotopic (exact) mass is 772 g/mol. The van der Waals surface area contributed by atoms with Crippen LogP contribution in [0.4, 0.5) is 0 Å². The topological polar surface area (TPSA) is 219 Å². The highest BCUT2D eigenvalue weighted by molar-refractivity contribution is 6.39. The molecule has 2 aliphatic rings. The van der Waals surface area contributed by atoms with Gasteiger partial charge in [0, 0.05) is 81.8 Å². The predicted molar refractivity (Wildman–Crippen MR) is 216 cm³/mol. The zero-order chi connectivity index (χ0) is 42.0. The van der Waals surface area contributed by atoms with Crippen LogP contribution in [-0.4, -0.2) is 74.5 Å². The number of nitrogens with zero attached hydrogens (tertiary/aromatic N) is 2. The van der Waals surface area contributed by atoms with E-state index in [4.69, 9.17) is 15.1 Å². The van der Waals surface area contributed by atoms with E-state index in [2.05, 4.69) is 48.7 Å². The molecule has 6 N–H and O–H groups in total. The summed E-state index contributed by atoms with van der Waals surface area (Å²) < 4.78 is 0. The third-order valence-corrected chi connectivity index (χ3v) is 10.2. The van der Waals surface area contributed by atoms with Crippen molar-refractivity contribution in [3.8, 4) is 0 Å². The normalized spacial score (nSPS) is 21.0. The van der Waals surface area contributed by atoms with E-state index in [1.165, 1.54) is 0 Å². The summed E-state index contributed by atoms with van der Waals surface area (Å²) in [7, 11) is 0. The number of aliphatic imine (C=N–C) groups is 2. The molecule has 2 aliphatic heterocycles. The Morgan fingerprint density at radius 3 is 2.14 bits per heavy atom. The van der Waals surface area contributed by atoms with Gasteiger partial charge in [-0.1, -0.05) is 39.5 Å². The highest BCUT2D eigenvalue weighted by Crippen LogP contribution is 2.35. The van der Waals surface area contributed by atoms with Gasteiger partial charge in [0.2, 0.25) is 11.7 Å². The molecule has 0 radical (unpaired) electrons. The van der Waals surface area contributed by atoms with Crippen molar-refractivity contribution < 1.29 is 39.0 Å². The molecule has 14 heteroatoms. The van der Waals surface area contributed by atoms with Crippen LogP contribution in [0.1, 0.15) is 103 Å². The van der Waals surface area contributed by atoms with Gasteiger partial charge >= 0.3 is 11.9 Å². The molecule has 3 heterocycles. The van der Waals surface area contributed by atoms with Crippen LogP contribution in [0.3, 0.4) is 0 Å². The summed E-state index contributed by atoms with van der Waals surface area (Å²) in [6, 6.07) is -1.41. The number of hydrogen-bond donors (Lipinski definition) is 6. The van der Waals surface area contributed by atoms with Crippen LogP contribution in [-0.2, 0) is 24.0 Å². The summed E-state index contributed by atoms with van der Waals surface area (Å²) in [6.45, 7) is 24.1. The van der Waals surface area contributed by atoms with E-state index in [9.17, 15) is 33.9 Å². The minimum absolute atomic E-state index is 0.0655. The lowest BCUT2D eigenvalue weighted by atomic mass is 9.87. The fraction of sp³-hybridized carbons (Fsp3) is 0.476. The highest BCUT2D eigenvalue weighted by Gasteiger charge is 2.32. The first-order chi connectivity index (χ1) is 26.2. The van der Waals surface area contributed by atoms with Crippen LogP contribution in [0, 0.1) is 30.6 Å². The number of carbonyl (C=O) groups is 6. The first kappa shape index (κ1) is 44.7. The molecular formula is C42H56N6O8. The van der Waals surface area contributed by atoms with Crippen molar-refractivity contribution in [2.45, 2.75) is 100.0 Å². The van der Waals surface area contributed by atoms with Gasteiger partial charge in [0.25, 0.3) is 5.91 Å². The molecule has 0 saturated carbocycles. The second-order valence-corrected chi connectivity index (χ2v) is 14.8. The van der Waals surface area contributed by atoms with Crippen LogP contribution in [0.15, 0.2) is 57.6 Å². The Labute approximate surface area is 327 Å². The molecule has 0 aliphatic carbocycles. The molecule has 0 unspecified atom stereocenters. The zero-order valence-electron chi connectivity index (χ0n) is 33.7. The number of rotatable bonds is 19. The van der Waals surface area contributed by atoms with Crippen molar-refractivity contribution in [1.29, 1.82) is 0 Å². The van der Waals surface area contributed by atoms with Gasteiger partial charge in [0.1, 0.15) is 12.5 Å². The van der Waals surface area contributed by atoms with E-state index in [0.29, 0.717) is 23.0 Å². The fourth-order valence-electron chi connectivity index (χ4n) is 7.03. The quantitative estimate of drug-likeness (QED) is 0.0517. The van der Waals surface area contributed by atoms with E-state index >= 15 is 0 Å². The number of Topliss-reactive ketones (excluding diaryl/α,β-unsaturated/α-hetero) is 2. The largest absolute Gasteiger partial charge is 0.481 e.